The van der Waals surface area contributed by atoms with Crippen molar-refractivity contribution in [1.29, 1.82) is 0 Å². The molecule has 7 nitrogen and oxygen atoms in total. The number of amides is 2. The second-order valence-corrected chi connectivity index (χ2v) is 9.91. The lowest BCUT2D eigenvalue weighted by molar-refractivity contribution is -0.130. The van der Waals surface area contributed by atoms with E-state index in [-0.39, 0.29) is 17.9 Å². The molecule has 1 spiro atoms. The number of nitrogens with one attached hydrogen (secondary N) is 3. The van der Waals surface area contributed by atoms with Crippen LogP contribution in [0, 0.1) is 11.8 Å². The average molecular weight is 514 g/mol. The van der Waals surface area contributed by atoms with Crippen molar-refractivity contribution >= 4 is 45.1 Å². The summed E-state index contributed by atoms with van der Waals surface area (Å²) < 4.78 is 5.86. The molecule has 0 radical (unpaired) electrons. The molecule has 1 fully saturated rings. The van der Waals surface area contributed by atoms with Crippen molar-refractivity contribution in [3.05, 3.63) is 58.1 Å². The van der Waals surface area contributed by atoms with Gasteiger partial charge >= 0.3 is 5.97 Å². The van der Waals surface area contributed by atoms with Crippen molar-refractivity contribution in [3.63, 3.8) is 0 Å². The minimum absolute atomic E-state index is 0.0302. The van der Waals surface area contributed by atoms with Crippen LogP contribution in [0.3, 0.4) is 0 Å². The van der Waals surface area contributed by atoms with E-state index in [2.05, 4.69) is 45.7 Å². The van der Waals surface area contributed by atoms with Crippen LogP contribution in [0.4, 0.5) is 11.4 Å². The molecule has 2 aromatic carbocycles. The summed E-state index contributed by atoms with van der Waals surface area (Å²) in [7, 11) is 0. The van der Waals surface area contributed by atoms with Gasteiger partial charge in [0.15, 0.2) is 0 Å². The quantitative estimate of drug-likeness (QED) is 0.496. The summed E-state index contributed by atoms with van der Waals surface area (Å²) in [5.74, 6) is -1.03. The number of esters is 1. The van der Waals surface area contributed by atoms with Crippen molar-refractivity contribution in [1.82, 2.24) is 5.32 Å². The second kappa shape index (κ2) is 9.27. The van der Waals surface area contributed by atoms with E-state index < -0.39 is 17.4 Å². The molecule has 0 aromatic heterocycles. The Morgan fingerprint density at radius 2 is 1.94 bits per heavy atom. The number of hydrogen-bond donors (Lipinski definition) is 3. The fourth-order valence-electron chi connectivity index (χ4n) is 4.89. The van der Waals surface area contributed by atoms with Gasteiger partial charge in [0.05, 0.1) is 18.1 Å². The molecule has 2 aliphatic rings. The second-order valence-electron chi connectivity index (χ2n) is 9.00. The largest absolute Gasteiger partial charge is 0.462 e. The predicted molar refractivity (Wildman–Crippen MR) is 130 cm³/mol. The molecule has 1 saturated heterocycles. The highest BCUT2D eigenvalue weighted by Gasteiger charge is 2.60. The van der Waals surface area contributed by atoms with Crippen LogP contribution in [0.5, 0.6) is 0 Å². The molecular weight excluding hydrogens is 486 g/mol. The van der Waals surface area contributed by atoms with Crippen LogP contribution in [-0.2, 0) is 19.9 Å². The van der Waals surface area contributed by atoms with Crippen molar-refractivity contribution in [2.45, 2.75) is 45.2 Å². The smallest absolute Gasteiger partial charge is 0.338 e. The minimum Gasteiger partial charge on any atom is -0.462 e. The molecule has 174 valence electrons. The van der Waals surface area contributed by atoms with Crippen LogP contribution in [0.15, 0.2) is 46.9 Å². The standard InChI is InChI=1S/C25H28BrN3O4/c1-4-33-23(31)15-5-8-17(9-6-15)27-22(30)20-13-18(11-14(2)3)29-25(20)19-12-16(26)7-10-21(19)28-24(25)32/h5-10,12,14,18,20,29H,4,11,13H2,1-3H3,(H,27,30)(H,28,32)/t18-,20-,25+/m0/s1. The van der Waals surface area contributed by atoms with Gasteiger partial charge < -0.3 is 15.4 Å². The Labute approximate surface area is 201 Å². The number of rotatable bonds is 6. The Morgan fingerprint density at radius 3 is 2.61 bits per heavy atom. The molecule has 2 aliphatic heterocycles. The zero-order chi connectivity index (χ0) is 23.8. The van der Waals surface area contributed by atoms with Gasteiger partial charge in [0.25, 0.3) is 0 Å². The SMILES string of the molecule is CCOC(=O)c1ccc(NC(=O)[C@@H]2C[C@H](CC(C)C)N[C@@]23C(=O)Nc2ccc(Br)cc23)cc1. The van der Waals surface area contributed by atoms with Gasteiger partial charge in [0, 0.05) is 27.5 Å². The van der Waals surface area contributed by atoms with Crippen molar-refractivity contribution < 1.29 is 19.1 Å². The average Bonchev–Trinajstić information content (AvgIpc) is 3.27. The summed E-state index contributed by atoms with van der Waals surface area (Å²) >= 11 is 3.51. The van der Waals surface area contributed by atoms with Gasteiger partial charge in [0.2, 0.25) is 11.8 Å². The number of benzene rings is 2. The maximum Gasteiger partial charge on any atom is 0.338 e. The summed E-state index contributed by atoms with van der Waals surface area (Å²) in [5.41, 5.74) is 1.35. The first-order chi connectivity index (χ1) is 15.7. The normalized spacial score (nSPS) is 23.5. The summed E-state index contributed by atoms with van der Waals surface area (Å²) in [4.78, 5) is 38.8. The van der Waals surface area contributed by atoms with Gasteiger partial charge in [-0.2, -0.15) is 0 Å². The topological polar surface area (TPSA) is 96.5 Å². The number of anilines is 2. The Morgan fingerprint density at radius 1 is 1.21 bits per heavy atom. The van der Waals surface area contributed by atoms with Crippen LogP contribution in [0.2, 0.25) is 0 Å². The number of ether oxygens (including phenoxy) is 1. The maximum absolute atomic E-state index is 13.5. The molecule has 0 saturated carbocycles. The lowest BCUT2D eigenvalue weighted by Crippen LogP contribution is -2.52. The van der Waals surface area contributed by atoms with Crippen LogP contribution in [0.1, 0.15) is 49.5 Å². The molecule has 33 heavy (non-hydrogen) atoms. The number of hydrogen-bond acceptors (Lipinski definition) is 5. The highest BCUT2D eigenvalue weighted by Crippen LogP contribution is 2.48. The number of halogens is 1. The van der Waals surface area contributed by atoms with Gasteiger partial charge in [-0.3, -0.25) is 14.9 Å². The number of fused-ring (bicyclic) bond motifs is 2. The summed E-state index contributed by atoms with van der Waals surface area (Å²) in [5, 5.41) is 9.44. The van der Waals surface area contributed by atoms with Crippen LogP contribution >= 0.6 is 15.9 Å². The highest BCUT2D eigenvalue weighted by molar-refractivity contribution is 9.10. The first-order valence-corrected chi connectivity index (χ1v) is 12.0. The summed E-state index contributed by atoms with van der Waals surface area (Å²) in [6, 6.07) is 12.2. The van der Waals surface area contributed by atoms with E-state index in [1.807, 2.05) is 18.2 Å². The fourth-order valence-corrected chi connectivity index (χ4v) is 5.25. The van der Waals surface area contributed by atoms with Gasteiger partial charge in [-0.15, -0.1) is 0 Å². The van der Waals surface area contributed by atoms with Gasteiger partial charge in [0.1, 0.15) is 5.54 Å². The Hall–Kier alpha value is -2.71. The van der Waals surface area contributed by atoms with Crippen molar-refractivity contribution in [3.8, 4) is 0 Å². The first kappa shape index (κ1) is 23.4. The molecule has 8 heteroatoms. The van der Waals surface area contributed by atoms with Crippen LogP contribution in [-0.4, -0.2) is 30.4 Å². The van der Waals surface area contributed by atoms with E-state index in [4.69, 9.17) is 4.74 Å². The summed E-state index contributed by atoms with van der Waals surface area (Å²) in [6.07, 6.45) is 1.40. The molecule has 0 bridgehead atoms. The van der Waals surface area contributed by atoms with Crippen LogP contribution in [0.25, 0.3) is 0 Å². The zero-order valence-corrected chi connectivity index (χ0v) is 20.5. The molecule has 0 aliphatic carbocycles. The van der Waals surface area contributed by atoms with E-state index in [1.54, 1.807) is 31.2 Å². The Kier molecular flexibility index (Phi) is 6.59. The third-order valence-corrected chi connectivity index (χ3v) is 6.72. The monoisotopic (exact) mass is 513 g/mol. The van der Waals surface area contributed by atoms with E-state index in [0.29, 0.717) is 30.2 Å². The molecule has 3 atom stereocenters. The minimum atomic E-state index is -1.13. The first-order valence-electron chi connectivity index (χ1n) is 11.2. The molecule has 2 amide bonds. The Bertz CT molecular complexity index is 1090. The lowest BCUT2D eigenvalue weighted by Gasteiger charge is -2.29. The number of carbonyl (C=O) groups excluding carboxylic acids is 3. The van der Waals surface area contributed by atoms with Crippen molar-refractivity contribution in [2.75, 3.05) is 17.2 Å². The third kappa shape index (κ3) is 4.42. The molecule has 4 rings (SSSR count). The molecule has 2 aromatic rings. The molecular formula is C25H28BrN3O4. The van der Waals surface area contributed by atoms with E-state index in [9.17, 15) is 14.4 Å². The molecule has 0 unspecified atom stereocenters. The predicted octanol–water partition coefficient (Wildman–Crippen LogP) is 4.44. The van der Waals surface area contributed by atoms with E-state index >= 15 is 0 Å². The fraction of sp³-hybridized carbons (Fsp3) is 0.400. The van der Waals surface area contributed by atoms with Gasteiger partial charge in [-0.25, -0.2) is 4.79 Å². The maximum atomic E-state index is 13.5. The van der Waals surface area contributed by atoms with Gasteiger partial charge in [-0.1, -0.05) is 29.8 Å². The Balaban J connectivity index is 1.63. The number of carbonyl (C=O) groups is 3. The van der Waals surface area contributed by atoms with Crippen LogP contribution < -0.4 is 16.0 Å². The molecule has 3 N–H and O–H groups in total. The molecule has 2 heterocycles. The van der Waals surface area contributed by atoms with E-state index in [1.165, 1.54) is 0 Å². The summed E-state index contributed by atoms with van der Waals surface area (Å²) in [6.45, 7) is 6.31. The van der Waals surface area contributed by atoms with Crippen molar-refractivity contribution in [2.24, 2.45) is 11.8 Å². The van der Waals surface area contributed by atoms with E-state index in [0.717, 1.165) is 22.1 Å². The third-order valence-electron chi connectivity index (χ3n) is 6.22. The lowest BCUT2D eigenvalue weighted by atomic mass is 9.79. The zero-order valence-electron chi connectivity index (χ0n) is 18.9. The highest BCUT2D eigenvalue weighted by atomic mass is 79.9. The van der Waals surface area contributed by atoms with Gasteiger partial charge in [-0.05, 0) is 68.1 Å².